The van der Waals surface area contributed by atoms with Crippen LogP contribution in [0.3, 0.4) is 0 Å². The van der Waals surface area contributed by atoms with Gasteiger partial charge in [0, 0.05) is 19.3 Å². The van der Waals surface area contributed by atoms with Crippen LogP contribution in [-0.2, 0) is 28.6 Å². The number of unbranched alkanes of at least 4 members (excludes halogenated alkanes) is 27. The minimum absolute atomic E-state index is 0.0969. The van der Waals surface area contributed by atoms with Gasteiger partial charge in [-0.2, -0.15) is 0 Å². The molecule has 0 amide bonds. The van der Waals surface area contributed by atoms with Crippen LogP contribution in [0.2, 0.25) is 0 Å². The molecular formula is C72H120O6. The summed E-state index contributed by atoms with van der Waals surface area (Å²) in [5.41, 5.74) is 0. The van der Waals surface area contributed by atoms with Gasteiger partial charge in [0.15, 0.2) is 6.10 Å². The van der Waals surface area contributed by atoms with Crippen LogP contribution in [0.25, 0.3) is 0 Å². The highest BCUT2D eigenvalue weighted by molar-refractivity contribution is 5.71. The van der Waals surface area contributed by atoms with Crippen LogP contribution in [0.4, 0.5) is 0 Å². The summed E-state index contributed by atoms with van der Waals surface area (Å²) in [4.78, 5) is 38.4. The summed E-state index contributed by atoms with van der Waals surface area (Å²) in [6, 6.07) is 0. The van der Waals surface area contributed by atoms with E-state index in [-0.39, 0.29) is 31.1 Å². The van der Waals surface area contributed by atoms with E-state index in [0.29, 0.717) is 19.3 Å². The first-order valence-corrected chi connectivity index (χ1v) is 32.5. The van der Waals surface area contributed by atoms with Gasteiger partial charge in [0.1, 0.15) is 13.2 Å². The van der Waals surface area contributed by atoms with Crippen molar-refractivity contribution < 1.29 is 28.6 Å². The van der Waals surface area contributed by atoms with Crippen molar-refractivity contribution in [2.45, 2.75) is 303 Å². The Balaban J connectivity index is 4.46. The van der Waals surface area contributed by atoms with Gasteiger partial charge in [-0.25, -0.2) is 0 Å². The van der Waals surface area contributed by atoms with Gasteiger partial charge < -0.3 is 14.2 Å². The molecule has 0 saturated carbocycles. The Bertz CT molecular complexity index is 1620. The van der Waals surface area contributed by atoms with E-state index in [9.17, 15) is 14.4 Å². The standard InChI is InChI=1S/C72H120O6/c1-4-7-10-13-16-19-22-25-28-31-33-35-36-38-39-41-44-47-50-53-56-59-62-65-71(74)77-68-69(67-76-70(73)64-61-58-55-52-49-46-43-30-27-24-21-18-15-12-9-6-3)78-72(75)66-63-60-57-54-51-48-45-42-40-37-34-32-29-26-23-20-17-14-11-8-5-2/h8,11,17,20-22,24-26,29-31,33-34,36-38,42-43,45,69H,4-7,9-10,12-16,18-19,23,27-28,32,35,39-41,44,46-68H2,1-3H3/b11-8-,20-17-,24-21-,25-22-,29-26-,33-31-,37-34-,38-36-,43-30-,45-42-. The Morgan fingerprint density at radius 2 is 0.500 bits per heavy atom. The third kappa shape index (κ3) is 62.7. The van der Waals surface area contributed by atoms with Crippen LogP contribution in [0.15, 0.2) is 122 Å². The van der Waals surface area contributed by atoms with Gasteiger partial charge in [0.05, 0.1) is 0 Å². The van der Waals surface area contributed by atoms with Crippen LogP contribution < -0.4 is 0 Å². The number of ether oxygens (including phenoxy) is 3. The van der Waals surface area contributed by atoms with Gasteiger partial charge in [-0.1, -0.05) is 264 Å². The van der Waals surface area contributed by atoms with Gasteiger partial charge in [0.25, 0.3) is 0 Å². The van der Waals surface area contributed by atoms with Crippen LogP contribution in [-0.4, -0.2) is 37.2 Å². The minimum Gasteiger partial charge on any atom is -0.462 e. The van der Waals surface area contributed by atoms with Crippen LogP contribution in [0, 0.1) is 0 Å². The predicted octanol–water partition coefficient (Wildman–Crippen LogP) is 22.4. The summed E-state index contributed by atoms with van der Waals surface area (Å²) < 4.78 is 16.9. The molecule has 0 bridgehead atoms. The predicted molar refractivity (Wildman–Crippen MR) is 339 cm³/mol. The van der Waals surface area contributed by atoms with Crippen molar-refractivity contribution >= 4 is 17.9 Å². The zero-order valence-corrected chi connectivity index (χ0v) is 50.9. The largest absolute Gasteiger partial charge is 0.462 e. The van der Waals surface area contributed by atoms with Crippen LogP contribution in [0.1, 0.15) is 297 Å². The molecule has 0 aliphatic carbocycles. The van der Waals surface area contributed by atoms with E-state index < -0.39 is 6.10 Å². The zero-order valence-electron chi connectivity index (χ0n) is 50.9. The smallest absolute Gasteiger partial charge is 0.306 e. The fourth-order valence-corrected chi connectivity index (χ4v) is 8.80. The maximum Gasteiger partial charge on any atom is 0.306 e. The maximum atomic E-state index is 12.9. The Hall–Kier alpha value is -4.19. The number of hydrogen-bond acceptors (Lipinski definition) is 6. The van der Waals surface area contributed by atoms with Crippen molar-refractivity contribution in [3.63, 3.8) is 0 Å². The van der Waals surface area contributed by atoms with Crippen molar-refractivity contribution in [1.82, 2.24) is 0 Å². The third-order valence-electron chi connectivity index (χ3n) is 13.7. The quantitative estimate of drug-likeness (QED) is 0.0261. The van der Waals surface area contributed by atoms with E-state index in [1.165, 1.54) is 103 Å². The van der Waals surface area contributed by atoms with Gasteiger partial charge in [-0.3, -0.25) is 14.4 Å². The molecule has 1 unspecified atom stereocenters. The van der Waals surface area contributed by atoms with E-state index in [1.807, 2.05) is 0 Å². The fraction of sp³-hybridized carbons (Fsp3) is 0.681. The molecule has 0 aliphatic heterocycles. The number of hydrogen-bond donors (Lipinski definition) is 0. The molecule has 0 aromatic carbocycles. The van der Waals surface area contributed by atoms with Crippen molar-refractivity contribution in [2.75, 3.05) is 13.2 Å². The van der Waals surface area contributed by atoms with Crippen LogP contribution >= 0.6 is 0 Å². The lowest BCUT2D eigenvalue weighted by Gasteiger charge is -2.18. The molecule has 0 fully saturated rings. The average molecular weight is 1080 g/mol. The molecule has 444 valence electrons. The second-order valence-corrected chi connectivity index (χ2v) is 21.3. The Morgan fingerprint density at radius 3 is 0.795 bits per heavy atom. The molecule has 1 atom stereocenters. The van der Waals surface area contributed by atoms with Crippen molar-refractivity contribution in [3.8, 4) is 0 Å². The monoisotopic (exact) mass is 1080 g/mol. The molecule has 0 aliphatic rings. The molecule has 0 saturated heterocycles. The highest BCUT2D eigenvalue weighted by atomic mass is 16.6. The number of allylic oxidation sites excluding steroid dienone is 20. The molecule has 0 heterocycles. The Morgan fingerprint density at radius 1 is 0.269 bits per heavy atom. The molecule has 6 nitrogen and oxygen atoms in total. The van der Waals surface area contributed by atoms with Crippen molar-refractivity contribution in [3.05, 3.63) is 122 Å². The summed E-state index contributed by atoms with van der Waals surface area (Å²) >= 11 is 0. The first-order chi connectivity index (χ1) is 38.5. The zero-order chi connectivity index (χ0) is 56.4. The highest BCUT2D eigenvalue weighted by Gasteiger charge is 2.19. The lowest BCUT2D eigenvalue weighted by atomic mass is 10.1. The normalized spacial score (nSPS) is 12.9. The molecule has 78 heavy (non-hydrogen) atoms. The van der Waals surface area contributed by atoms with E-state index in [4.69, 9.17) is 14.2 Å². The van der Waals surface area contributed by atoms with Crippen molar-refractivity contribution in [2.24, 2.45) is 0 Å². The first-order valence-electron chi connectivity index (χ1n) is 32.5. The summed E-state index contributed by atoms with van der Waals surface area (Å²) in [5.74, 6) is -0.931. The second kappa shape index (κ2) is 65.3. The molecule has 0 aromatic rings. The summed E-state index contributed by atoms with van der Waals surface area (Å²) in [7, 11) is 0. The number of carbonyl (C=O) groups is 3. The topological polar surface area (TPSA) is 78.9 Å². The lowest BCUT2D eigenvalue weighted by Crippen LogP contribution is -2.30. The van der Waals surface area contributed by atoms with Gasteiger partial charge >= 0.3 is 17.9 Å². The van der Waals surface area contributed by atoms with Gasteiger partial charge in [0.2, 0.25) is 0 Å². The molecular weight excluding hydrogens is 961 g/mol. The van der Waals surface area contributed by atoms with Crippen LogP contribution in [0.5, 0.6) is 0 Å². The maximum absolute atomic E-state index is 12.9. The second-order valence-electron chi connectivity index (χ2n) is 21.3. The number of esters is 3. The van der Waals surface area contributed by atoms with Crippen molar-refractivity contribution in [1.29, 1.82) is 0 Å². The lowest BCUT2D eigenvalue weighted by molar-refractivity contribution is -0.167. The Labute approximate surface area is 482 Å². The minimum atomic E-state index is -0.803. The molecule has 0 spiro atoms. The van der Waals surface area contributed by atoms with E-state index in [2.05, 4.69) is 142 Å². The average Bonchev–Trinajstić information content (AvgIpc) is 3.44. The number of rotatable bonds is 58. The molecule has 0 aromatic heterocycles. The van der Waals surface area contributed by atoms with Gasteiger partial charge in [-0.15, -0.1) is 0 Å². The molecule has 0 rings (SSSR count). The molecule has 6 heteroatoms. The Kier molecular flexibility index (Phi) is 61.8. The highest BCUT2D eigenvalue weighted by Crippen LogP contribution is 2.15. The summed E-state index contributed by atoms with van der Waals surface area (Å²) in [5, 5.41) is 0. The fourth-order valence-electron chi connectivity index (χ4n) is 8.80. The summed E-state index contributed by atoms with van der Waals surface area (Å²) in [6.07, 6.45) is 90.5. The SMILES string of the molecule is CC/C=C\C/C=C\C/C=C\C/C=C\C/C=C\CCCCCCCC(=O)OC(COC(=O)CCCCCCC/C=C\C/C=C\CCCCCC)COC(=O)CCCCCCCCCC/C=C\C/C=C\C/C=C\CCCCCCC. The first kappa shape index (κ1) is 73.8. The third-order valence-corrected chi connectivity index (χ3v) is 13.7. The summed E-state index contributed by atoms with van der Waals surface area (Å²) in [6.45, 7) is 6.48. The molecule has 0 N–H and O–H groups in total. The van der Waals surface area contributed by atoms with E-state index in [1.54, 1.807) is 0 Å². The van der Waals surface area contributed by atoms with E-state index in [0.717, 1.165) is 154 Å². The van der Waals surface area contributed by atoms with E-state index >= 15 is 0 Å². The molecule has 0 radical (unpaired) electrons. The number of carbonyl (C=O) groups excluding carboxylic acids is 3. The van der Waals surface area contributed by atoms with Gasteiger partial charge in [-0.05, 0) is 135 Å².